The summed E-state index contributed by atoms with van der Waals surface area (Å²) in [5.74, 6) is -3.61. The van der Waals surface area contributed by atoms with Gasteiger partial charge in [0.2, 0.25) is 0 Å². The normalized spacial score (nSPS) is 16.5. The van der Waals surface area contributed by atoms with Crippen molar-refractivity contribution in [3.05, 3.63) is 12.2 Å². The molecule has 0 amide bonds. The van der Waals surface area contributed by atoms with Crippen molar-refractivity contribution in [3.8, 4) is 0 Å². The van der Waals surface area contributed by atoms with Gasteiger partial charge in [0.1, 0.15) is 0 Å². The van der Waals surface area contributed by atoms with Gasteiger partial charge >= 0.3 is 17.9 Å². The quantitative estimate of drug-likeness (QED) is 0.146. The Bertz CT molecular complexity index is 524. The summed E-state index contributed by atoms with van der Waals surface area (Å²) in [7, 11) is 0. The first-order valence-electron chi connectivity index (χ1n) is 11.8. The van der Waals surface area contributed by atoms with Crippen molar-refractivity contribution in [3.63, 3.8) is 0 Å². The molecule has 3 unspecified atom stereocenters. The van der Waals surface area contributed by atoms with E-state index in [1.165, 1.54) is 72.1 Å². The molecule has 0 saturated heterocycles. The van der Waals surface area contributed by atoms with E-state index in [4.69, 9.17) is 0 Å². The van der Waals surface area contributed by atoms with Crippen LogP contribution in [0.25, 0.3) is 0 Å². The van der Waals surface area contributed by atoms with Crippen LogP contribution < -0.4 is 0 Å². The van der Waals surface area contributed by atoms with Gasteiger partial charge in [-0.15, -0.1) is 0 Å². The third-order valence-corrected chi connectivity index (χ3v) is 6.55. The number of hydrogen-bond acceptors (Lipinski definition) is 3. The van der Waals surface area contributed by atoms with Gasteiger partial charge in [-0.2, -0.15) is 0 Å². The molecule has 0 aliphatic heterocycles. The predicted molar refractivity (Wildman–Crippen MR) is 122 cm³/mol. The van der Waals surface area contributed by atoms with Crippen molar-refractivity contribution in [2.75, 3.05) is 6.54 Å². The van der Waals surface area contributed by atoms with Crippen molar-refractivity contribution >= 4 is 17.9 Å². The van der Waals surface area contributed by atoms with Crippen LogP contribution in [-0.2, 0) is 14.4 Å². The molecule has 0 aromatic heterocycles. The molecule has 7 nitrogen and oxygen atoms in total. The molecule has 3 atom stereocenters. The van der Waals surface area contributed by atoms with E-state index in [1.54, 1.807) is 6.08 Å². The lowest BCUT2D eigenvalue weighted by molar-refractivity contribution is -0.962. The van der Waals surface area contributed by atoms with Gasteiger partial charge in [0.15, 0.2) is 18.1 Å². The highest BCUT2D eigenvalue weighted by atomic mass is 16.4. The summed E-state index contributed by atoms with van der Waals surface area (Å²) in [6, 6.07) is -3.50. The van der Waals surface area contributed by atoms with Crippen molar-refractivity contribution in [1.29, 1.82) is 0 Å². The van der Waals surface area contributed by atoms with E-state index >= 15 is 0 Å². The number of quaternary nitrogens is 1. The Morgan fingerprint density at radius 2 is 1.00 bits per heavy atom. The molecule has 0 aromatic carbocycles. The van der Waals surface area contributed by atoms with Crippen LogP contribution in [0.15, 0.2) is 12.2 Å². The minimum Gasteiger partial charge on any atom is -0.477 e. The molecule has 0 bridgehead atoms. The Balaban J connectivity index is 4.73. The predicted octanol–water partition coefficient (Wildman–Crippen LogP) is 5.09. The van der Waals surface area contributed by atoms with Crippen molar-refractivity contribution < 1.29 is 34.2 Å². The average molecular weight is 443 g/mol. The first-order valence-corrected chi connectivity index (χ1v) is 11.8. The Kier molecular flexibility index (Phi) is 14.9. The Morgan fingerprint density at radius 1 is 0.645 bits per heavy atom. The number of rotatable bonds is 19. The second-order valence-corrected chi connectivity index (χ2v) is 8.66. The monoisotopic (exact) mass is 442 g/mol. The second-order valence-electron chi connectivity index (χ2n) is 8.66. The highest BCUT2D eigenvalue weighted by Gasteiger charge is 2.52. The lowest BCUT2D eigenvalue weighted by Crippen LogP contribution is -2.70. The molecule has 7 heteroatoms. The first kappa shape index (κ1) is 29.1. The Hall–Kier alpha value is -1.89. The van der Waals surface area contributed by atoms with E-state index in [0.29, 0.717) is 0 Å². The summed E-state index contributed by atoms with van der Waals surface area (Å²) < 4.78 is -0.561. The summed E-state index contributed by atoms with van der Waals surface area (Å²) in [5.41, 5.74) is 0. The zero-order valence-corrected chi connectivity index (χ0v) is 19.9. The van der Waals surface area contributed by atoms with Crippen LogP contribution in [0.3, 0.4) is 0 Å². The van der Waals surface area contributed by atoms with Crippen LogP contribution in [-0.4, -0.2) is 62.4 Å². The molecule has 180 valence electrons. The minimum absolute atomic E-state index is 0.0478. The smallest absolute Gasteiger partial charge is 0.362 e. The van der Waals surface area contributed by atoms with Crippen LogP contribution in [0.2, 0.25) is 0 Å². The highest BCUT2D eigenvalue weighted by molar-refractivity contribution is 5.77. The van der Waals surface area contributed by atoms with Crippen molar-refractivity contribution in [1.82, 2.24) is 0 Å². The number of aliphatic carboxylic acids is 3. The van der Waals surface area contributed by atoms with Crippen LogP contribution in [0.5, 0.6) is 0 Å². The summed E-state index contributed by atoms with van der Waals surface area (Å²) in [6.07, 6.45) is 17.0. The second kappa shape index (κ2) is 15.8. The molecular formula is C24H44NO6+. The number of allylic oxidation sites excluding steroid dienone is 1. The molecule has 0 saturated carbocycles. The van der Waals surface area contributed by atoms with Crippen LogP contribution >= 0.6 is 0 Å². The van der Waals surface area contributed by atoms with E-state index in [1.807, 2.05) is 6.08 Å². The zero-order valence-electron chi connectivity index (χ0n) is 19.9. The van der Waals surface area contributed by atoms with Gasteiger partial charge in [0, 0.05) is 0 Å². The molecular weight excluding hydrogens is 398 g/mol. The van der Waals surface area contributed by atoms with E-state index in [9.17, 15) is 29.7 Å². The van der Waals surface area contributed by atoms with E-state index in [-0.39, 0.29) is 6.54 Å². The number of hydrogen-bond donors (Lipinski definition) is 3. The van der Waals surface area contributed by atoms with Crippen LogP contribution in [0.1, 0.15) is 98.3 Å². The van der Waals surface area contributed by atoms with Crippen molar-refractivity contribution in [2.45, 2.75) is 116 Å². The molecule has 0 aromatic rings. The number of carboxylic acid groups (broad SMARTS) is 3. The topological polar surface area (TPSA) is 112 Å². The summed E-state index contributed by atoms with van der Waals surface area (Å²) in [6.45, 7) is 6.43. The van der Waals surface area contributed by atoms with Gasteiger partial charge < -0.3 is 15.3 Å². The third-order valence-electron chi connectivity index (χ3n) is 6.55. The maximum atomic E-state index is 11.7. The maximum absolute atomic E-state index is 11.7. The van der Waals surface area contributed by atoms with Gasteiger partial charge in [-0.25, -0.2) is 14.4 Å². The molecule has 0 radical (unpaired) electrons. The molecule has 0 aliphatic carbocycles. The minimum atomic E-state index is -1.20. The van der Waals surface area contributed by atoms with Gasteiger partial charge in [-0.1, -0.05) is 70.8 Å². The standard InChI is InChI=1S/C24H43NO6/c1-5-6-7-8-9-10-11-12-13-14-15-16-17-18-25(19(2)22(26)27,20(3)23(28)29)21(4)24(30)31/h16-17,19-21H,5-15,18H2,1-4H3,(H2-,26,27,28,29,30,31)/p+1/b17-16+. The fourth-order valence-electron chi connectivity index (χ4n) is 4.22. The highest BCUT2D eigenvalue weighted by Crippen LogP contribution is 2.26. The van der Waals surface area contributed by atoms with Crippen molar-refractivity contribution in [2.24, 2.45) is 0 Å². The Morgan fingerprint density at radius 3 is 1.35 bits per heavy atom. The number of carboxylic acids is 3. The summed E-state index contributed by atoms with van der Waals surface area (Å²) >= 11 is 0. The van der Waals surface area contributed by atoms with E-state index in [0.717, 1.165) is 19.3 Å². The lowest BCUT2D eigenvalue weighted by Gasteiger charge is -2.46. The summed E-state index contributed by atoms with van der Waals surface area (Å²) in [5, 5.41) is 28.7. The molecule has 0 heterocycles. The maximum Gasteiger partial charge on any atom is 0.362 e. The SMILES string of the molecule is CCCCCCCCCCCC/C=C/C[N+](C(C)C(=O)O)(C(C)C(=O)O)C(C)C(=O)O. The largest absolute Gasteiger partial charge is 0.477 e. The fourth-order valence-corrected chi connectivity index (χ4v) is 4.22. The molecule has 3 N–H and O–H groups in total. The number of unbranched alkanes of at least 4 members (excludes halogenated alkanes) is 10. The Labute approximate surface area is 187 Å². The van der Waals surface area contributed by atoms with Gasteiger partial charge in [0.25, 0.3) is 0 Å². The molecule has 0 aliphatic rings. The van der Waals surface area contributed by atoms with E-state index < -0.39 is 40.5 Å². The lowest BCUT2D eigenvalue weighted by atomic mass is 10.0. The average Bonchev–Trinajstić information content (AvgIpc) is 2.72. The summed E-state index contributed by atoms with van der Waals surface area (Å²) in [4.78, 5) is 35.1. The third kappa shape index (κ3) is 9.85. The molecule has 0 spiro atoms. The van der Waals surface area contributed by atoms with Gasteiger partial charge in [0.05, 0.1) is 6.54 Å². The zero-order chi connectivity index (χ0) is 23.9. The number of nitrogens with zero attached hydrogens (tertiary/aromatic N) is 1. The molecule has 0 fully saturated rings. The van der Waals surface area contributed by atoms with Gasteiger partial charge in [-0.3, -0.25) is 4.48 Å². The van der Waals surface area contributed by atoms with Crippen LogP contribution in [0, 0.1) is 0 Å². The fraction of sp³-hybridized carbons (Fsp3) is 0.792. The molecule has 31 heavy (non-hydrogen) atoms. The van der Waals surface area contributed by atoms with E-state index in [2.05, 4.69) is 6.92 Å². The molecule has 0 rings (SSSR count). The van der Waals surface area contributed by atoms with Crippen LogP contribution in [0.4, 0.5) is 0 Å². The first-order chi connectivity index (χ1) is 14.6. The number of carbonyl (C=O) groups is 3. The van der Waals surface area contributed by atoms with Gasteiger partial charge in [-0.05, 0) is 39.7 Å².